The molecule has 3 aromatic rings. The molecule has 1 amide bonds. The van der Waals surface area contributed by atoms with Crippen LogP contribution in [-0.4, -0.2) is 11.9 Å². The molecule has 3 aromatic carbocycles. The number of carbonyl (C=O) groups excluding carboxylic acids is 2. The molecule has 25 heavy (non-hydrogen) atoms. The normalized spacial score (nSPS) is 13.6. The molecule has 0 aliphatic heterocycles. The topological polar surface area (TPSA) is 69.4 Å². The second-order valence-corrected chi connectivity index (χ2v) is 6.21. The number of ether oxygens (including phenoxy) is 1. The zero-order chi connectivity index (χ0) is 17.4. The first-order chi connectivity index (χ1) is 12.1. The van der Waals surface area contributed by atoms with Gasteiger partial charge < -0.3 is 10.5 Å². The van der Waals surface area contributed by atoms with E-state index in [0.717, 1.165) is 23.6 Å². The summed E-state index contributed by atoms with van der Waals surface area (Å²) >= 11 is 0. The zero-order valence-electron chi connectivity index (χ0n) is 13.6. The van der Waals surface area contributed by atoms with Crippen molar-refractivity contribution >= 4 is 22.6 Å². The molecular formula is C21H17NO3. The van der Waals surface area contributed by atoms with E-state index in [4.69, 9.17) is 10.5 Å². The second-order valence-electron chi connectivity index (χ2n) is 6.21. The number of primary amides is 1. The number of amides is 1. The molecule has 4 rings (SSSR count). The second kappa shape index (κ2) is 6.06. The number of rotatable bonds is 4. The van der Waals surface area contributed by atoms with Crippen molar-refractivity contribution in [3.05, 3.63) is 82.9 Å². The highest BCUT2D eigenvalue weighted by Crippen LogP contribution is 2.33. The molecule has 0 saturated heterocycles. The van der Waals surface area contributed by atoms with Gasteiger partial charge in [-0.2, -0.15) is 0 Å². The fourth-order valence-electron chi connectivity index (χ4n) is 3.51. The number of carbonyl (C=O) groups is 2. The summed E-state index contributed by atoms with van der Waals surface area (Å²) < 4.78 is 5.48. The maximum atomic E-state index is 12.8. The Morgan fingerprint density at radius 2 is 1.60 bits per heavy atom. The maximum Gasteiger partial charge on any atom is 0.339 e. The molecule has 4 heteroatoms. The summed E-state index contributed by atoms with van der Waals surface area (Å²) in [6.07, 6.45) is 0.870. The van der Waals surface area contributed by atoms with Gasteiger partial charge in [0.1, 0.15) is 0 Å². The van der Waals surface area contributed by atoms with Gasteiger partial charge >= 0.3 is 5.97 Å². The van der Waals surface area contributed by atoms with Gasteiger partial charge in [-0.25, -0.2) is 4.79 Å². The van der Waals surface area contributed by atoms with Crippen LogP contribution in [0.15, 0.2) is 60.7 Å². The fourth-order valence-corrected chi connectivity index (χ4v) is 3.51. The van der Waals surface area contributed by atoms with Crippen molar-refractivity contribution in [1.82, 2.24) is 0 Å². The molecule has 1 unspecified atom stereocenters. The lowest BCUT2D eigenvalue weighted by Crippen LogP contribution is -2.26. The van der Waals surface area contributed by atoms with Crippen LogP contribution in [0.2, 0.25) is 0 Å². The summed E-state index contributed by atoms with van der Waals surface area (Å²) in [6, 6.07) is 18.5. The van der Waals surface area contributed by atoms with Gasteiger partial charge in [0.15, 0.2) is 0 Å². The largest absolute Gasteiger partial charge is 0.444 e. The van der Waals surface area contributed by atoms with E-state index in [-0.39, 0.29) is 0 Å². The van der Waals surface area contributed by atoms with E-state index in [2.05, 4.69) is 6.07 Å². The third-order valence-electron chi connectivity index (χ3n) is 4.68. The lowest BCUT2D eigenvalue weighted by molar-refractivity contribution is -0.127. The van der Waals surface area contributed by atoms with E-state index >= 15 is 0 Å². The van der Waals surface area contributed by atoms with E-state index in [9.17, 15) is 9.59 Å². The van der Waals surface area contributed by atoms with Gasteiger partial charge in [-0.3, -0.25) is 4.79 Å². The molecule has 124 valence electrons. The summed E-state index contributed by atoms with van der Waals surface area (Å²) in [4.78, 5) is 24.6. The Morgan fingerprint density at radius 3 is 2.32 bits per heavy atom. The van der Waals surface area contributed by atoms with E-state index in [0.29, 0.717) is 11.1 Å². The van der Waals surface area contributed by atoms with Crippen LogP contribution >= 0.6 is 0 Å². The van der Waals surface area contributed by atoms with Gasteiger partial charge in [0.2, 0.25) is 6.10 Å². The third kappa shape index (κ3) is 2.66. The van der Waals surface area contributed by atoms with Crippen molar-refractivity contribution in [2.24, 2.45) is 5.73 Å². The van der Waals surface area contributed by atoms with Gasteiger partial charge in [-0.05, 0) is 40.8 Å². The van der Waals surface area contributed by atoms with E-state index in [1.54, 1.807) is 30.3 Å². The van der Waals surface area contributed by atoms with E-state index < -0.39 is 18.0 Å². The van der Waals surface area contributed by atoms with Crippen LogP contribution < -0.4 is 5.73 Å². The smallest absolute Gasteiger partial charge is 0.339 e. The molecule has 4 nitrogen and oxygen atoms in total. The standard InChI is InChI=1S/C21H17NO3/c22-20(23)19(15-5-2-1-3-6-15)25-21(24)17-12-11-14-10-9-13-7-4-8-16(17)18(13)14/h1-8,11-12,19H,9-10H2,(H2,22,23). The Labute approximate surface area is 145 Å². The average Bonchev–Trinajstić information content (AvgIpc) is 3.05. The zero-order valence-corrected chi connectivity index (χ0v) is 13.6. The molecule has 1 aliphatic carbocycles. The number of benzene rings is 3. The van der Waals surface area contributed by atoms with E-state index in [1.165, 1.54) is 11.1 Å². The lowest BCUT2D eigenvalue weighted by atomic mass is 10.00. The van der Waals surface area contributed by atoms with Crippen molar-refractivity contribution in [2.45, 2.75) is 18.9 Å². The molecule has 0 radical (unpaired) electrons. The Bertz CT molecular complexity index is 969. The van der Waals surface area contributed by atoms with Crippen LogP contribution in [0.1, 0.15) is 33.2 Å². The molecule has 1 aliphatic rings. The van der Waals surface area contributed by atoms with Gasteiger partial charge in [0.25, 0.3) is 5.91 Å². The highest BCUT2D eigenvalue weighted by atomic mass is 16.5. The molecule has 0 saturated carbocycles. The van der Waals surface area contributed by atoms with Crippen molar-refractivity contribution in [2.75, 3.05) is 0 Å². The summed E-state index contributed by atoms with van der Waals surface area (Å²) in [7, 11) is 0. The Hall–Kier alpha value is -3.14. The highest BCUT2D eigenvalue weighted by Gasteiger charge is 2.25. The van der Waals surface area contributed by atoms with Crippen LogP contribution in [0.3, 0.4) is 0 Å². The first-order valence-electron chi connectivity index (χ1n) is 8.24. The Kier molecular flexibility index (Phi) is 3.73. The Morgan fingerprint density at radius 1 is 0.880 bits per heavy atom. The van der Waals surface area contributed by atoms with Crippen LogP contribution in [0.4, 0.5) is 0 Å². The van der Waals surface area contributed by atoms with Gasteiger partial charge in [-0.1, -0.05) is 54.6 Å². The molecule has 0 bridgehead atoms. The molecule has 0 spiro atoms. The minimum atomic E-state index is -1.10. The predicted octanol–water partition coefficient (Wildman–Crippen LogP) is 3.32. The number of aryl methyl sites for hydroxylation is 2. The van der Waals surface area contributed by atoms with Crippen LogP contribution in [0, 0.1) is 0 Å². The molecule has 0 fully saturated rings. The summed E-state index contributed by atoms with van der Waals surface area (Å²) in [5.41, 5.74) is 8.97. The monoisotopic (exact) mass is 331 g/mol. The summed E-state index contributed by atoms with van der Waals surface area (Å²) in [5, 5.41) is 2.00. The number of hydrogen-bond acceptors (Lipinski definition) is 3. The minimum Gasteiger partial charge on any atom is -0.444 e. The van der Waals surface area contributed by atoms with Gasteiger partial charge in [0.05, 0.1) is 5.56 Å². The predicted molar refractivity (Wildman–Crippen MR) is 95.1 cm³/mol. The van der Waals surface area contributed by atoms with Gasteiger partial charge in [0, 0.05) is 5.56 Å². The Balaban J connectivity index is 1.72. The molecule has 2 N–H and O–H groups in total. The summed E-state index contributed by atoms with van der Waals surface area (Å²) in [6.45, 7) is 0. The molecule has 0 aromatic heterocycles. The van der Waals surface area contributed by atoms with Crippen molar-refractivity contribution in [1.29, 1.82) is 0 Å². The molecule has 0 heterocycles. The maximum absolute atomic E-state index is 12.8. The lowest BCUT2D eigenvalue weighted by Gasteiger charge is -2.16. The van der Waals surface area contributed by atoms with Crippen molar-refractivity contribution < 1.29 is 14.3 Å². The first kappa shape index (κ1) is 15.4. The molecular weight excluding hydrogens is 314 g/mol. The minimum absolute atomic E-state index is 0.463. The quantitative estimate of drug-likeness (QED) is 0.746. The third-order valence-corrected chi connectivity index (χ3v) is 4.68. The first-order valence-corrected chi connectivity index (χ1v) is 8.24. The van der Waals surface area contributed by atoms with Crippen LogP contribution in [0.25, 0.3) is 10.8 Å². The van der Waals surface area contributed by atoms with Crippen LogP contribution in [-0.2, 0) is 22.4 Å². The van der Waals surface area contributed by atoms with Crippen LogP contribution in [0.5, 0.6) is 0 Å². The number of nitrogens with two attached hydrogens (primary N) is 1. The average molecular weight is 331 g/mol. The number of esters is 1. The van der Waals surface area contributed by atoms with E-state index in [1.807, 2.05) is 24.3 Å². The molecule has 1 atom stereocenters. The fraction of sp³-hybridized carbons (Fsp3) is 0.143. The van der Waals surface area contributed by atoms with Gasteiger partial charge in [-0.15, -0.1) is 0 Å². The van der Waals surface area contributed by atoms with Crippen molar-refractivity contribution in [3.63, 3.8) is 0 Å². The number of hydrogen-bond donors (Lipinski definition) is 1. The SMILES string of the molecule is NC(=O)C(OC(=O)c1ccc2c3c(cccc13)CC2)c1ccccc1. The summed E-state index contributed by atoms with van der Waals surface area (Å²) in [5.74, 6) is -1.23. The van der Waals surface area contributed by atoms with Crippen molar-refractivity contribution in [3.8, 4) is 0 Å². The highest BCUT2D eigenvalue weighted by molar-refractivity contribution is 6.07.